The van der Waals surface area contributed by atoms with Gasteiger partial charge in [-0.15, -0.1) is 0 Å². The summed E-state index contributed by atoms with van der Waals surface area (Å²) in [6.07, 6.45) is 1.98. The van der Waals surface area contributed by atoms with Crippen molar-refractivity contribution >= 4 is 5.96 Å². The van der Waals surface area contributed by atoms with Crippen molar-refractivity contribution in [1.82, 2.24) is 10.6 Å². The highest BCUT2D eigenvalue weighted by Gasteiger charge is 2.44. The average molecular weight is 368 g/mol. The summed E-state index contributed by atoms with van der Waals surface area (Å²) in [6, 6.07) is 13.0. The minimum Gasteiger partial charge on any atom is -0.357 e. The second kappa shape index (κ2) is 8.17. The lowest BCUT2D eigenvalue weighted by molar-refractivity contribution is 0.604. The van der Waals surface area contributed by atoms with Crippen LogP contribution in [-0.4, -0.2) is 19.0 Å². The zero-order valence-electron chi connectivity index (χ0n) is 15.2. The van der Waals surface area contributed by atoms with Gasteiger partial charge in [-0.25, -0.2) is 13.8 Å². The van der Waals surface area contributed by atoms with Crippen LogP contribution in [0.5, 0.6) is 0 Å². The predicted octanol–water partition coefficient (Wildman–Crippen LogP) is 3.62. The Hall–Kier alpha value is -2.94. The lowest BCUT2D eigenvalue weighted by atomic mass is 9.96. The van der Waals surface area contributed by atoms with Gasteiger partial charge < -0.3 is 10.6 Å². The maximum absolute atomic E-state index is 13.9. The van der Waals surface area contributed by atoms with E-state index >= 15 is 0 Å². The van der Waals surface area contributed by atoms with Crippen LogP contribution >= 0.6 is 0 Å². The first-order valence-electron chi connectivity index (χ1n) is 9.03. The number of guanidine groups is 1. The highest BCUT2D eigenvalue weighted by molar-refractivity contribution is 5.80. The van der Waals surface area contributed by atoms with E-state index in [0.29, 0.717) is 30.2 Å². The molecule has 1 saturated carbocycles. The van der Waals surface area contributed by atoms with Gasteiger partial charge in [-0.3, -0.25) is 0 Å². The van der Waals surface area contributed by atoms with Gasteiger partial charge in [0.05, 0.1) is 18.2 Å². The van der Waals surface area contributed by atoms with Gasteiger partial charge in [0.2, 0.25) is 0 Å². The molecule has 1 aliphatic rings. The minimum absolute atomic E-state index is 0.0791. The maximum Gasteiger partial charge on any atom is 0.191 e. The Morgan fingerprint density at radius 3 is 2.67 bits per heavy atom. The molecule has 6 heteroatoms. The molecule has 0 aliphatic heterocycles. The molecule has 0 bridgehead atoms. The van der Waals surface area contributed by atoms with E-state index in [4.69, 9.17) is 5.26 Å². The number of nitrogens with one attached hydrogen (secondary N) is 2. The van der Waals surface area contributed by atoms with E-state index in [0.717, 1.165) is 18.4 Å². The van der Waals surface area contributed by atoms with E-state index in [1.54, 1.807) is 12.1 Å². The molecule has 0 amide bonds. The lowest BCUT2D eigenvalue weighted by Crippen LogP contribution is -2.41. The van der Waals surface area contributed by atoms with Crippen molar-refractivity contribution in [3.63, 3.8) is 0 Å². The topological polar surface area (TPSA) is 60.2 Å². The third kappa shape index (κ3) is 4.62. The fourth-order valence-corrected chi connectivity index (χ4v) is 3.06. The SMILES string of the molecule is CCNC(=NCc1cc(C#N)ccc1F)NCC1(c2cccc(F)c2)CC1. The van der Waals surface area contributed by atoms with Gasteiger partial charge in [-0.2, -0.15) is 5.26 Å². The zero-order valence-corrected chi connectivity index (χ0v) is 15.2. The van der Waals surface area contributed by atoms with Crippen LogP contribution in [0.1, 0.15) is 36.5 Å². The van der Waals surface area contributed by atoms with Gasteiger partial charge in [0.25, 0.3) is 0 Å². The van der Waals surface area contributed by atoms with Crippen LogP contribution in [0.2, 0.25) is 0 Å². The van der Waals surface area contributed by atoms with Crippen LogP contribution in [-0.2, 0) is 12.0 Å². The third-order valence-electron chi connectivity index (χ3n) is 4.81. The fraction of sp³-hybridized carbons (Fsp3) is 0.333. The van der Waals surface area contributed by atoms with E-state index < -0.39 is 0 Å². The molecule has 2 aromatic carbocycles. The molecule has 3 rings (SSSR count). The molecule has 27 heavy (non-hydrogen) atoms. The number of benzene rings is 2. The molecule has 0 saturated heterocycles. The molecule has 2 aromatic rings. The number of hydrogen-bond donors (Lipinski definition) is 2. The van der Waals surface area contributed by atoms with E-state index in [1.165, 1.54) is 24.3 Å². The van der Waals surface area contributed by atoms with Gasteiger partial charge in [-0.05, 0) is 55.7 Å². The number of nitriles is 1. The van der Waals surface area contributed by atoms with Gasteiger partial charge in [0.1, 0.15) is 11.6 Å². The molecule has 1 aliphatic carbocycles. The number of aliphatic imine (C=N–C) groups is 1. The molecule has 0 unspecified atom stereocenters. The van der Waals surface area contributed by atoms with Crippen LogP contribution in [0, 0.1) is 23.0 Å². The van der Waals surface area contributed by atoms with Crippen molar-refractivity contribution in [2.24, 2.45) is 4.99 Å². The fourth-order valence-electron chi connectivity index (χ4n) is 3.06. The monoisotopic (exact) mass is 368 g/mol. The summed E-state index contributed by atoms with van der Waals surface area (Å²) in [5.41, 5.74) is 1.68. The average Bonchev–Trinajstić information content (AvgIpc) is 3.46. The standard InChI is InChI=1S/C21H22F2N4/c1-2-25-20(26-13-16-10-15(12-24)6-7-19(16)23)27-14-21(8-9-21)17-4-3-5-18(22)11-17/h3-7,10-11H,2,8-9,13-14H2,1H3,(H2,25,26,27). The van der Waals surface area contributed by atoms with Gasteiger partial charge in [0.15, 0.2) is 5.96 Å². The highest BCUT2D eigenvalue weighted by atomic mass is 19.1. The first-order chi connectivity index (χ1) is 13.1. The van der Waals surface area contributed by atoms with Crippen molar-refractivity contribution in [3.8, 4) is 6.07 Å². The molecule has 0 heterocycles. The van der Waals surface area contributed by atoms with Crippen molar-refractivity contribution in [2.75, 3.05) is 13.1 Å². The summed E-state index contributed by atoms with van der Waals surface area (Å²) in [5, 5.41) is 15.4. The highest BCUT2D eigenvalue weighted by Crippen LogP contribution is 2.47. The van der Waals surface area contributed by atoms with Gasteiger partial charge in [0, 0.05) is 24.1 Å². The molecule has 0 radical (unpaired) electrons. The van der Waals surface area contributed by atoms with Gasteiger partial charge in [-0.1, -0.05) is 12.1 Å². The van der Waals surface area contributed by atoms with E-state index in [9.17, 15) is 8.78 Å². The van der Waals surface area contributed by atoms with Gasteiger partial charge >= 0.3 is 0 Å². The second-order valence-electron chi connectivity index (χ2n) is 6.76. The van der Waals surface area contributed by atoms with Crippen LogP contribution in [0.4, 0.5) is 8.78 Å². The number of nitrogens with zero attached hydrogens (tertiary/aromatic N) is 2. The smallest absolute Gasteiger partial charge is 0.191 e. The first kappa shape index (κ1) is 18.8. The molecular weight excluding hydrogens is 346 g/mol. The molecule has 140 valence electrons. The van der Waals surface area contributed by atoms with Crippen molar-refractivity contribution in [1.29, 1.82) is 5.26 Å². The van der Waals surface area contributed by atoms with Crippen molar-refractivity contribution in [2.45, 2.75) is 31.7 Å². The Balaban J connectivity index is 1.69. The number of halogens is 2. The van der Waals surface area contributed by atoms with E-state index in [-0.39, 0.29) is 23.6 Å². The Bertz CT molecular complexity index is 882. The Kier molecular flexibility index (Phi) is 5.70. The predicted molar refractivity (Wildman–Crippen MR) is 101 cm³/mol. The van der Waals surface area contributed by atoms with Crippen LogP contribution in [0.25, 0.3) is 0 Å². The molecule has 0 aromatic heterocycles. The molecular formula is C21H22F2N4. The first-order valence-corrected chi connectivity index (χ1v) is 9.03. The molecule has 0 atom stereocenters. The molecule has 2 N–H and O–H groups in total. The number of rotatable bonds is 6. The second-order valence-corrected chi connectivity index (χ2v) is 6.76. The Morgan fingerprint density at radius 2 is 2.00 bits per heavy atom. The van der Waals surface area contributed by atoms with E-state index in [2.05, 4.69) is 15.6 Å². The summed E-state index contributed by atoms with van der Waals surface area (Å²) in [4.78, 5) is 4.43. The van der Waals surface area contributed by atoms with Crippen LogP contribution in [0.15, 0.2) is 47.5 Å². The van der Waals surface area contributed by atoms with Crippen molar-refractivity contribution in [3.05, 3.63) is 70.8 Å². The van der Waals surface area contributed by atoms with E-state index in [1.807, 2.05) is 19.1 Å². The van der Waals surface area contributed by atoms with Crippen molar-refractivity contribution < 1.29 is 8.78 Å². The largest absolute Gasteiger partial charge is 0.357 e. The summed E-state index contributed by atoms with van der Waals surface area (Å²) < 4.78 is 27.5. The summed E-state index contributed by atoms with van der Waals surface area (Å²) in [6.45, 7) is 3.37. The molecule has 1 fully saturated rings. The maximum atomic E-state index is 13.9. The third-order valence-corrected chi connectivity index (χ3v) is 4.81. The normalized spacial score (nSPS) is 15.1. The summed E-state index contributed by atoms with van der Waals surface area (Å²) in [5.74, 6) is -0.0406. The summed E-state index contributed by atoms with van der Waals surface area (Å²) >= 11 is 0. The molecule has 0 spiro atoms. The molecule has 4 nitrogen and oxygen atoms in total. The minimum atomic E-state index is -0.382. The van der Waals surface area contributed by atoms with Crippen LogP contribution < -0.4 is 10.6 Å². The zero-order chi connectivity index (χ0) is 19.3. The summed E-state index contributed by atoms with van der Waals surface area (Å²) in [7, 11) is 0. The Labute approximate surface area is 157 Å². The number of hydrogen-bond acceptors (Lipinski definition) is 2. The quantitative estimate of drug-likeness (QED) is 0.605. The lowest BCUT2D eigenvalue weighted by Gasteiger charge is -2.19. The van der Waals surface area contributed by atoms with Crippen LogP contribution in [0.3, 0.4) is 0 Å². The Morgan fingerprint density at radius 1 is 1.19 bits per heavy atom.